The van der Waals surface area contributed by atoms with Crippen LogP contribution in [-0.2, 0) is 12.8 Å². The van der Waals surface area contributed by atoms with E-state index >= 15 is 0 Å². The maximum atomic E-state index is 9.54. The van der Waals surface area contributed by atoms with Crippen molar-refractivity contribution in [2.45, 2.75) is 51.0 Å². The molecule has 0 bridgehead atoms. The largest absolute Gasteiger partial charge is 0.394 e. The van der Waals surface area contributed by atoms with Gasteiger partial charge in [0.1, 0.15) is 5.82 Å². The van der Waals surface area contributed by atoms with Crippen molar-refractivity contribution >= 4 is 0 Å². The molecule has 1 aromatic rings. The number of hydrogen-bond acceptors (Lipinski definition) is 3. The number of fused-ring (bicyclic) bond motifs is 1. The van der Waals surface area contributed by atoms with Crippen molar-refractivity contribution in [2.75, 3.05) is 26.2 Å². The lowest BCUT2D eigenvalue weighted by molar-refractivity contribution is 0.199. The van der Waals surface area contributed by atoms with E-state index in [1.165, 1.54) is 50.3 Å². The lowest BCUT2D eigenvalue weighted by Crippen LogP contribution is -2.32. The van der Waals surface area contributed by atoms with E-state index in [0.717, 1.165) is 25.8 Å². The first-order valence-corrected chi connectivity index (χ1v) is 7.76. The van der Waals surface area contributed by atoms with Gasteiger partial charge >= 0.3 is 0 Å². The number of aliphatic hydroxyl groups excluding tert-OH is 1. The van der Waals surface area contributed by atoms with Gasteiger partial charge in [0.2, 0.25) is 0 Å². The first-order chi connectivity index (χ1) is 9.38. The van der Waals surface area contributed by atoms with Crippen molar-refractivity contribution < 1.29 is 5.11 Å². The van der Waals surface area contributed by atoms with E-state index in [1.54, 1.807) is 0 Å². The number of piperidine rings is 1. The quantitative estimate of drug-likeness (QED) is 0.900. The second-order valence-corrected chi connectivity index (χ2v) is 5.92. The summed E-state index contributed by atoms with van der Waals surface area (Å²) in [7, 11) is 0. The van der Waals surface area contributed by atoms with E-state index in [0.29, 0.717) is 0 Å². The predicted molar refractivity (Wildman–Crippen MR) is 75.3 cm³/mol. The molecule has 0 radical (unpaired) electrons. The van der Waals surface area contributed by atoms with Gasteiger partial charge in [-0.05, 0) is 45.2 Å². The molecule has 1 aromatic heterocycles. The number of aryl methyl sites for hydroxylation is 1. The van der Waals surface area contributed by atoms with Gasteiger partial charge in [-0.1, -0.05) is 6.42 Å². The topological polar surface area (TPSA) is 41.3 Å². The molecule has 19 heavy (non-hydrogen) atoms. The number of nitrogens with zero attached hydrogens (tertiary/aromatic N) is 3. The van der Waals surface area contributed by atoms with Gasteiger partial charge in [-0.15, -0.1) is 0 Å². The van der Waals surface area contributed by atoms with Crippen molar-refractivity contribution in [3.05, 3.63) is 17.7 Å². The summed E-state index contributed by atoms with van der Waals surface area (Å²) >= 11 is 0. The molecule has 0 aromatic carbocycles. The van der Waals surface area contributed by atoms with E-state index in [9.17, 15) is 5.11 Å². The maximum absolute atomic E-state index is 9.54. The zero-order valence-corrected chi connectivity index (χ0v) is 11.7. The fourth-order valence-electron chi connectivity index (χ4n) is 3.52. The van der Waals surface area contributed by atoms with Crippen LogP contribution in [0.5, 0.6) is 0 Å². The lowest BCUT2D eigenvalue weighted by atomic mass is 10.0. The SMILES string of the molecule is OCC1CCCc2cnc(CCN3CCCCC3)n21. The molecule has 1 unspecified atom stereocenters. The van der Waals surface area contributed by atoms with Gasteiger partial charge in [-0.3, -0.25) is 0 Å². The Labute approximate surface area is 115 Å². The zero-order valence-electron chi connectivity index (χ0n) is 11.7. The second-order valence-electron chi connectivity index (χ2n) is 5.92. The first-order valence-electron chi connectivity index (χ1n) is 7.76. The van der Waals surface area contributed by atoms with E-state index in [2.05, 4.69) is 14.5 Å². The minimum Gasteiger partial charge on any atom is -0.394 e. The third-order valence-corrected chi connectivity index (χ3v) is 4.60. The van der Waals surface area contributed by atoms with Crippen molar-refractivity contribution in [1.29, 1.82) is 0 Å². The highest BCUT2D eigenvalue weighted by atomic mass is 16.3. The van der Waals surface area contributed by atoms with Crippen molar-refractivity contribution in [3.63, 3.8) is 0 Å². The van der Waals surface area contributed by atoms with Crippen molar-refractivity contribution in [3.8, 4) is 0 Å². The highest BCUT2D eigenvalue weighted by Gasteiger charge is 2.22. The standard InChI is InChI=1S/C15H25N3O/c19-12-14-6-4-5-13-11-16-15(18(13)14)7-10-17-8-2-1-3-9-17/h11,14,19H,1-10,12H2. The van der Waals surface area contributed by atoms with Gasteiger partial charge in [-0.2, -0.15) is 0 Å². The molecule has 4 nitrogen and oxygen atoms in total. The van der Waals surface area contributed by atoms with Gasteiger partial charge in [-0.25, -0.2) is 4.98 Å². The van der Waals surface area contributed by atoms with Gasteiger partial charge in [0.15, 0.2) is 0 Å². The Balaban J connectivity index is 1.66. The third-order valence-electron chi connectivity index (χ3n) is 4.60. The highest BCUT2D eigenvalue weighted by Crippen LogP contribution is 2.26. The van der Waals surface area contributed by atoms with Gasteiger partial charge in [0.05, 0.1) is 12.6 Å². The number of hydrogen-bond donors (Lipinski definition) is 1. The van der Waals surface area contributed by atoms with Gasteiger partial charge in [0, 0.05) is 24.9 Å². The Bertz CT molecular complexity index is 410. The van der Waals surface area contributed by atoms with Crippen LogP contribution in [0.15, 0.2) is 6.20 Å². The highest BCUT2D eigenvalue weighted by molar-refractivity contribution is 5.11. The summed E-state index contributed by atoms with van der Waals surface area (Å²) in [6.45, 7) is 3.86. The second kappa shape index (κ2) is 6.06. The fraction of sp³-hybridized carbons (Fsp3) is 0.800. The number of aromatic nitrogens is 2. The third kappa shape index (κ3) is 2.84. The normalized spacial score (nSPS) is 24.4. The van der Waals surface area contributed by atoms with Gasteiger partial charge in [0.25, 0.3) is 0 Å². The average molecular weight is 263 g/mol. The van der Waals surface area contributed by atoms with Gasteiger partial charge < -0.3 is 14.6 Å². The minimum atomic E-state index is 0.250. The smallest absolute Gasteiger partial charge is 0.110 e. The van der Waals surface area contributed by atoms with Crippen LogP contribution in [0.1, 0.15) is 49.7 Å². The molecule has 0 aliphatic carbocycles. The number of rotatable bonds is 4. The number of aliphatic hydroxyl groups is 1. The van der Waals surface area contributed by atoms with Crippen LogP contribution in [0.4, 0.5) is 0 Å². The Kier molecular flexibility index (Phi) is 4.18. The number of likely N-dealkylation sites (tertiary alicyclic amines) is 1. The molecule has 1 atom stereocenters. The van der Waals surface area contributed by atoms with Crippen molar-refractivity contribution in [2.24, 2.45) is 0 Å². The molecule has 1 N–H and O–H groups in total. The van der Waals surface area contributed by atoms with E-state index in [-0.39, 0.29) is 12.6 Å². The summed E-state index contributed by atoms with van der Waals surface area (Å²) in [4.78, 5) is 7.16. The molecule has 1 saturated heterocycles. The summed E-state index contributed by atoms with van der Waals surface area (Å²) < 4.78 is 2.31. The average Bonchev–Trinajstić information content (AvgIpc) is 2.89. The molecule has 3 rings (SSSR count). The van der Waals surface area contributed by atoms with E-state index in [4.69, 9.17) is 0 Å². The zero-order chi connectivity index (χ0) is 13.1. The predicted octanol–water partition coefficient (Wildman–Crippen LogP) is 1.78. The fourth-order valence-corrected chi connectivity index (χ4v) is 3.52. The summed E-state index contributed by atoms with van der Waals surface area (Å²) in [5, 5.41) is 9.54. The van der Waals surface area contributed by atoms with Crippen LogP contribution in [0, 0.1) is 0 Å². The Morgan fingerprint density at radius 1 is 1.21 bits per heavy atom. The molecule has 0 amide bonds. The summed E-state index contributed by atoms with van der Waals surface area (Å²) in [5.74, 6) is 1.18. The molecule has 1 fully saturated rings. The Hall–Kier alpha value is -0.870. The number of imidazole rings is 1. The van der Waals surface area contributed by atoms with Crippen LogP contribution in [0.25, 0.3) is 0 Å². The lowest BCUT2D eigenvalue weighted by Gasteiger charge is -2.28. The monoisotopic (exact) mass is 263 g/mol. The van der Waals surface area contributed by atoms with Crippen LogP contribution >= 0.6 is 0 Å². The molecule has 2 aliphatic heterocycles. The maximum Gasteiger partial charge on any atom is 0.110 e. The molecular formula is C15H25N3O. The summed E-state index contributed by atoms with van der Waals surface area (Å²) in [6.07, 6.45) is 10.5. The van der Waals surface area contributed by atoms with Crippen LogP contribution in [0.3, 0.4) is 0 Å². The van der Waals surface area contributed by atoms with Crippen LogP contribution < -0.4 is 0 Å². The van der Waals surface area contributed by atoms with Crippen LogP contribution in [0.2, 0.25) is 0 Å². The van der Waals surface area contributed by atoms with Crippen molar-refractivity contribution in [1.82, 2.24) is 14.5 Å². The van der Waals surface area contributed by atoms with Crippen LogP contribution in [-0.4, -0.2) is 45.8 Å². The Morgan fingerprint density at radius 2 is 2.05 bits per heavy atom. The summed E-state index contributed by atoms with van der Waals surface area (Å²) in [5.41, 5.74) is 1.32. The molecule has 0 saturated carbocycles. The molecule has 2 aliphatic rings. The Morgan fingerprint density at radius 3 is 2.84 bits per heavy atom. The molecule has 106 valence electrons. The first kappa shape index (κ1) is 13.1. The van der Waals surface area contributed by atoms with E-state index < -0.39 is 0 Å². The van der Waals surface area contributed by atoms with E-state index in [1.807, 2.05) is 6.20 Å². The molecule has 0 spiro atoms. The molecule has 3 heterocycles. The molecular weight excluding hydrogens is 238 g/mol. The minimum absolute atomic E-state index is 0.250. The molecule has 4 heteroatoms. The summed E-state index contributed by atoms with van der Waals surface area (Å²) in [6, 6.07) is 0.266.